The third-order valence-electron chi connectivity index (χ3n) is 2.63. The molecule has 17 heavy (non-hydrogen) atoms. The molecule has 90 valence electrons. The van der Waals surface area contributed by atoms with Crippen molar-refractivity contribution < 1.29 is 0 Å². The molecule has 4 nitrogen and oxygen atoms in total. The summed E-state index contributed by atoms with van der Waals surface area (Å²) >= 11 is 6.14. The summed E-state index contributed by atoms with van der Waals surface area (Å²) < 4.78 is 1.98. The van der Waals surface area contributed by atoms with Crippen LogP contribution < -0.4 is 0 Å². The fourth-order valence-corrected chi connectivity index (χ4v) is 2.07. The van der Waals surface area contributed by atoms with Crippen LogP contribution in [-0.4, -0.2) is 19.5 Å². The molecule has 5 heteroatoms. The second-order valence-corrected chi connectivity index (χ2v) is 4.14. The molecule has 0 bridgehead atoms. The van der Waals surface area contributed by atoms with Gasteiger partial charge in [0.1, 0.15) is 23.1 Å². The molecule has 0 saturated heterocycles. The molecule has 0 saturated carbocycles. The van der Waals surface area contributed by atoms with Gasteiger partial charge >= 0.3 is 0 Å². The lowest BCUT2D eigenvalue weighted by Gasteiger charge is -2.11. The van der Waals surface area contributed by atoms with E-state index in [1.165, 1.54) is 6.33 Å². The summed E-state index contributed by atoms with van der Waals surface area (Å²) in [6.07, 6.45) is 7.93. The lowest BCUT2D eigenvalue weighted by molar-refractivity contribution is 0.820. The smallest absolute Gasteiger partial charge is 0.146 e. The van der Waals surface area contributed by atoms with Crippen LogP contribution >= 0.6 is 11.6 Å². The summed E-state index contributed by atoms with van der Waals surface area (Å²) in [5.74, 6) is 1.83. The Morgan fingerprint density at radius 1 is 1.24 bits per heavy atom. The van der Waals surface area contributed by atoms with Crippen molar-refractivity contribution in [3.63, 3.8) is 0 Å². The summed E-state index contributed by atoms with van der Waals surface area (Å²) in [5, 5.41) is 0.535. The number of aromatic nitrogens is 4. The second-order valence-electron chi connectivity index (χ2n) is 3.78. The van der Waals surface area contributed by atoms with Crippen LogP contribution in [0, 0.1) is 0 Å². The fourth-order valence-electron chi connectivity index (χ4n) is 1.84. The van der Waals surface area contributed by atoms with E-state index in [1.807, 2.05) is 10.8 Å². The van der Waals surface area contributed by atoms with E-state index in [0.29, 0.717) is 5.15 Å². The first-order valence-corrected chi connectivity index (χ1v) is 6.17. The molecule has 0 N–H and O–H groups in total. The Morgan fingerprint density at radius 3 is 2.76 bits per heavy atom. The number of imidazole rings is 1. The van der Waals surface area contributed by atoms with E-state index < -0.39 is 0 Å². The van der Waals surface area contributed by atoms with E-state index in [9.17, 15) is 0 Å². The van der Waals surface area contributed by atoms with Crippen LogP contribution in [0.1, 0.15) is 31.7 Å². The Kier molecular flexibility index (Phi) is 3.74. The van der Waals surface area contributed by atoms with Gasteiger partial charge in [0.15, 0.2) is 0 Å². The molecule has 0 aliphatic heterocycles. The molecule has 0 aromatic carbocycles. The highest BCUT2D eigenvalue weighted by Gasteiger charge is 2.12. The van der Waals surface area contributed by atoms with Gasteiger partial charge in [-0.25, -0.2) is 15.0 Å². The molecular weight excluding hydrogens is 236 g/mol. The van der Waals surface area contributed by atoms with Gasteiger partial charge in [0.05, 0.1) is 0 Å². The summed E-state index contributed by atoms with van der Waals surface area (Å²) in [4.78, 5) is 12.7. The van der Waals surface area contributed by atoms with E-state index in [1.54, 1.807) is 6.20 Å². The van der Waals surface area contributed by atoms with Crippen molar-refractivity contribution in [2.45, 2.75) is 33.1 Å². The van der Waals surface area contributed by atoms with E-state index in [-0.39, 0.29) is 0 Å². The zero-order valence-corrected chi connectivity index (χ0v) is 10.8. The Hall–Kier alpha value is -1.42. The Morgan fingerprint density at radius 2 is 2.06 bits per heavy atom. The Labute approximate surface area is 106 Å². The summed E-state index contributed by atoms with van der Waals surface area (Å²) in [6, 6.07) is 0. The summed E-state index contributed by atoms with van der Waals surface area (Å²) in [5.41, 5.74) is 0.990. The van der Waals surface area contributed by atoms with Gasteiger partial charge in [-0.3, -0.25) is 4.57 Å². The van der Waals surface area contributed by atoms with Gasteiger partial charge in [-0.05, 0) is 6.42 Å². The standard InChI is InChI=1S/C12H15ClN4/c1-3-5-9-11(13)15-8-16-12(9)17-7-6-14-10(17)4-2/h6-8H,3-5H2,1-2H3. The van der Waals surface area contributed by atoms with E-state index in [2.05, 4.69) is 28.8 Å². The number of hydrogen-bond acceptors (Lipinski definition) is 3. The summed E-state index contributed by atoms with van der Waals surface area (Å²) in [7, 11) is 0. The van der Waals surface area contributed by atoms with Gasteiger partial charge in [0, 0.05) is 24.4 Å². The molecule has 0 fully saturated rings. The highest BCUT2D eigenvalue weighted by molar-refractivity contribution is 6.30. The normalized spacial score (nSPS) is 10.8. The monoisotopic (exact) mass is 250 g/mol. The molecular formula is C12H15ClN4. The van der Waals surface area contributed by atoms with Crippen LogP contribution in [0.15, 0.2) is 18.7 Å². The molecule has 2 rings (SSSR count). The van der Waals surface area contributed by atoms with Gasteiger partial charge in [0.25, 0.3) is 0 Å². The lowest BCUT2D eigenvalue weighted by atomic mass is 10.2. The van der Waals surface area contributed by atoms with Gasteiger partial charge in [-0.2, -0.15) is 0 Å². The third kappa shape index (κ3) is 2.31. The predicted octanol–water partition coefficient (Wildman–Crippen LogP) is 2.83. The molecule has 0 aliphatic rings. The highest BCUT2D eigenvalue weighted by Crippen LogP contribution is 2.21. The number of nitrogens with zero attached hydrogens (tertiary/aromatic N) is 4. The number of hydrogen-bond donors (Lipinski definition) is 0. The molecule has 0 unspecified atom stereocenters. The zero-order chi connectivity index (χ0) is 12.3. The van der Waals surface area contributed by atoms with Gasteiger partial charge in [-0.1, -0.05) is 31.9 Å². The SMILES string of the molecule is CCCc1c(Cl)ncnc1-n1ccnc1CC. The maximum absolute atomic E-state index is 6.14. The molecule has 0 aliphatic carbocycles. The minimum Gasteiger partial charge on any atom is -0.288 e. The average molecular weight is 251 g/mol. The fraction of sp³-hybridized carbons (Fsp3) is 0.417. The van der Waals surface area contributed by atoms with Gasteiger partial charge < -0.3 is 0 Å². The Bertz CT molecular complexity index is 507. The van der Waals surface area contributed by atoms with E-state index >= 15 is 0 Å². The maximum atomic E-state index is 6.14. The molecule has 0 amide bonds. The molecule has 2 heterocycles. The Balaban J connectivity index is 2.55. The van der Waals surface area contributed by atoms with Crippen LogP contribution in [0.5, 0.6) is 0 Å². The maximum Gasteiger partial charge on any atom is 0.146 e. The first-order chi connectivity index (χ1) is 8.27. The zero-order valence-electron chi connectivity index (χ0n) is 10.0. The van der Waals surface area contributed by atoms with Crippen molar-refractivity contribution in [1.29, 1.82) is 0 Å². The van der Waals surface area contributed by atoms with E-state index in [4.69, 9.17) is 11.6 Å². The molecule has 2 aromatic rings. The van der Waals surface area contributed by atoms with Gasteiger partial charge in [-0.15, -0.1) is 0 Å². The quantitative estimate of drug-likeness (QED) is 0.784. The number of aryl methyl sites for hydroxylation is 1. The minimum absolute atomic E-state index is 0.535. The average Bonchev–Trinajstić information content (AvgIpc) is 2.80. The minimum atomic E-state index is 0.535. The van der Waals surface area contributed by atoms with Gasteiger partial charge in [0.2, 0.25) is 0 Å². The van der Waals surface area contributed by atoms with Crippen LogP contribution in [0.25, 0.3) is 5.82 Å². The summed E-state index contributed by atoms with van der Waals surface area (Å²) in [6.45, 7) is 4.18. The first kappa shape index (κ1) is 12.0. The van der Waals surface area contributed by atoms with E-state index in [0.717, 1.165) is 36.5 Å². The molecule has 2 aromatic heterocycles. The van der Waals surface area contributed by atoms with Crippen LogP contribution in [0.4, 0.5) is 0 Å². The van der Waals surface area contributed by atoms with Crippen LogP contribution in [0.3, 0.4) is 0 Å². The molecule has 0 spiro atoms. The van der Waals surface area contributed by atoms with Crippen LogP contribution in [-0.2, 0) is 12.8 Å². The number of halogens is 1. The highest BCUT2D eigenvalue weighted by atomic mass is 35.5. The first-order valence-electron chi connectivity index (χ1n) is 5.79. The van der Waals surface area contributed by atoms with Crippen molar-refractivity contribution in [2.24, 2.45) is 0 Å². The third-order valence-corrected chi connectivity index (χ3v) is 2.96. The lowest BCUT2D eigenvalue weighted by Crippen LogP contribution is -2.07. The van der Waals surface area contributed by atoms with Crippen molar-refractivity contribution in [3.05, 3.63) is 35.3 Å². The van der Waals surface area contributed by atoms with Crippen molar-refractivity contribution in [1.82, 2.24) is 19.5 Å². The van der Waals surface area contributed by atoms with Crippen LogP contribution in [0.2, 0.25) is 5.15 Å². The number of rotatable bonds is 4. The molecule has 0 atom stereocenters. The second kappa shape index (κ2) is 5.27. The topological polar surface area (TPSA) is 43.6 Å². The van der Waals surface area contributed by atoms with Crippen molar-refractivity contribution in [3.8, 4) is 5.82 Å². The predicted molar refractivity (Wildman–Crippen MR) is 67.5 cm³/mol. The largest absolute Gasteiger partial charge is 0.288 e. The van der Waals surface area contributed by atoms with Crippen molar-refractivity contribution in [2.75, 3.05) is 0 Å². The van der Waals surface area contributed by atoms with Crippen molar-refractivity contribution >= 4 is 11.6 Å². The molecule has 0 radical (unpaired) electrons.